The molecule has 6 nitrogen and oxygen atoms in total. The third kappa shape index (κ3) is 3.92. The lowest BCUT2D eigenvalue weighted by molar-refractivity contribution is 0.0810. The zero-order valence-electron chi connectivity index (χ0n) is 12.3. The number of nitrogens with zero attached hydrogens (tertiary/aromatic N) is 2. The number of aliphatic hydroxyl groups excluding tert-OH is 1. The molecule has 0 aliphatic heterocycles. The molecule has 1 fully saturated rings. The van der Waals surface area contributed by atoms with E-state index in [2.05, 4.69) is 15.5 Å². The third-order valence-electron chi connectivity index (χ3n) is 4.31. The van der Waals surface area contributed by atoms with E-state index >= 15 is 0 Å². The van der Waals surface area contributed by atoms with Crippen molar-refractivity contribution in [3.05, 3.63) is 29.6 Å². The van der Waals surface area contributed by atoms with E-state index in [1.54, 1.807) is 6.20 Å². The van der Waals surface area contributed by atoms with E-state index < -0.39 is 0 Å². The number of pyridine rings is 1. The minimum atomic E-state index is -0.00274. The summed E-state index contributed by atoms with van der Waals surface area (Å²) in [5.74, 6) is 0.0157. The number of aromatic nitrogens is 1. The number of nitrogens with two attached hydrogens (primary N) is 1. The van der Waals surface area contributed by atoms with Crippen LogP contribution in [0, 0.1) is 5.41 Å². The predicted octanol–water partition coefficient (Wildman–Crippen LogP) is 1.21. The van der Waals surface area contributed by atoms with Crippen LogP contribution in [-0.2, 0) is 6.54 Å². The van der Waals surface area contributed by atoms with E-state index in [0.29, 0.717) is 12.2 Å². The Morgan fingerprint density at radius 2 is 2.14 bits per heavy atom. The SMILES string of the molecule is N/C(=N/O)c1ncccc1CNCC1(CO)CCCCC1. The minimum absolute atomic E-state index is 0.00274. The maximum atomic E-state index is 9.70. The Morgan fingerprint density at radius 3 is 2.81 bits per heavy atom. The number of rotatable bonds is 6. The first-order chi connectivity index (χ1) is 10.2. The third-order valence-corrected chi connectivity index (χ3v) is 4.31. The van der Waals surface area contributed by atoms with Crippen molar-refractivity contribution in [2.45, 2.75) is 38.6 Å². The zero-order valence-corrected chi connectivity index (χ0v) is 12.3. The van der Waals surface area contributed by atoms with Gasteiger partial charge in [-0.3, -0.25) is 4.98 Å². The topological polar surface area (TPSA) is 104 Å². The van der Waals surface area contributed by atoms with E-state index in [1.165, 1.54) is 19.3 Å². The first-order valence-corrected chi connectivity index (χ1v) is 7.44. The highest BCUT2D eigenvalue weighted by Crippen LogP contribution is 2.35. The zero-order chi connectivity index (χ0) is 15.1. The summed E-state index contributed by atoms with van der Waals surface area (Å²) in [6.45, 7) is 1.58. The molecule has 116 valence electrons. The highest BCUT2D eigenvalue weighted by atomic mass is 16.4. The van der Waals surface area contributed by atoms with Gasteiger partial charge in [-0.25, -0.2) is 0 Å². The molecule has 1 heterocycles. The fourth-order valence-corrected chi connectivity index (χ4v) is 3.01. The molecule has 1 aromatic rings. The molecule has 0 bridgehead atoms. The van der Waals surface area contributed by atoms with Gasteiger partial charge in [-0.15, -0.1) is 0 Å². The van der Waals surface area contributed by atoms with Crippen molar-refractivity contribution in [1.29, 1.82) is 0 Å². The largest absolute Gasteiger partial charge is 0.409 e. The molecule has 1 saturated carbocycles. The van der Waals surface area contributed by atoms with Crippen LogP contribution >= 0.6 is 0 Å². The smallest absolute Gasteiger partial charge is 0.189 e. The van der Waals surface area contributed by atoms with Gasteiger partial charge in [0.25, 0.3) is 0 Å². The molecule has 0 radical (unpaired) electrons. The molecule has 6 heteroatoms. The van der Waals surface area contributed by atoms with Gasteiger partial charge < -0.3 is 21.4 Å². The number of nitrogens with one attached hydrogen (secondary N) is 1. The quantitative estimate of drug-likeness (QED) is 0.273. The molecule has 0 amide bonds. The van der Waals surface area contributed by atoms with E-state index in [0.717, 1.165) is 24.9 Å². The van der Waals surface area contributed by atoms with Crippen LogP contribution in [0.5, 0.6) is 0 Å². The van der Waals surface area contributed by atoms with Crippen LogP contribution in [0.1, 0.15) is 43.4 Å². The molecular weight excluding hydrogens is 268 g/mol. The summed E-state index contributed by atoms with van der Waals surface area (Å²) < 4.78 is 0. The Bertz CT molecular complexity index is 484. The lowest BCUT2D eigenvalue weighted by Crippen LogP contribution is -2.39. The predicted molar refractivity (Wildman–Crippen MR) is 81.1 cm³/mol. The van der Waals surface area contributed by atoms with E-state index in [4.69, 9.17) is 10.9 Å². The van der Waals surface area contributed by atoms with E-state index in [9.17, 15) is 5.11 Å². The van der Waals surface area contributed by atoms with Crippen LogP contribution in [0.3, 0.4) is 0 Å². The molecule has 2 rings (SSSR count). The first-order valence-electron chi connectivity index (χ1n) is 7.44. The fraction of sp³-hybridized carbons (Fsp3) is 0.600. The van der Waals surface area contributed by atoms with Crippen molar-refractivity contribution in [1.82, 2.24) is 10.3 Å². The summed E-state index contributed by atoms with van der Waals surface area (Å²) >= 11 is 0. The number of hydrogen-bond acceptors (Lipinski definition) is 5. The Hall–Kier alpha value is -1.66. The number of aliphatic hydroxyl groups is 1. The molecule has 1 aliphatic rings. The average molecular weight is 292 g/mol. The van der Waals surface area contributed by atoms with Crippen LogP contribution in [0.2, 0.25) is 0 Å². The normalized spacial score (nSPS) is 18.6. The second kappa shape index (κ2) is 7.38. The monoisotopic (exact) mass is 292 g/mol. The van der Waals surface area contributed by atoms with E-state index in [-0.39, 0.29) is 17.9 Å². The van der Waals surface area contributed by atoms with Crippen molar-refractivity contribution in [3.63, 3.8) is 0 Å². The summed E-state index contributed by atoms with van der Waals surface area (Å²) in [6.07, 6.45) is 7.38. The van der Waals surface area contributed by atoms with Crippen molar-refractivity contribution in [2.75, 3.05) is 13.2 Å². The summed E-state index contributed by atoms with van der Waals surface area (Å²) in [7, 11) is 0. The summed E-state index contributed by atoms with van der Waals surface area (Å²) in [6, 6.07) is 3.73. The van der Waals surface area contributed by atoms with Crippen LogP contribution < -0.4 is 11.1 Å². The molecule has 1 aromatic heterocycles. The highest BCUT2D eigenvalue weighted by Gasteiger charge is 2.30. The summed E-state index contributed by atoms with van der Waals surface area (Å²) in [4.78, 5) is 4.15. The maximum Gasteiger partial charge on any atom is 0.189 e. The Labute approximate surface area is 125 Å². The second-order valence-electron chi connectivity index (χ2n) is 5.82. The van der Waals surface area contributed by atoms with Crippen molar-refractivity contribution < 1.29 is 10.3 Å². The average Bonchev–Trinajstić information content (AvgIpc) is 2.55. The van der Waals surface area contributed by atoms with Gasteiger partial charge in [0.1, 0.15) is 5.69 Å². The van der Waals surface area contributed by atoms with Gasteiger partial charge in [0, 0.05) is 31.3 Å². The minimum Gasteiger partial charge on any atom is -0.409 e. The summed E-state index contributed by atoms with van der Waals surface area (Å²) in [5.41, 5.74) is 7.01. The Balaban J connectivity index is 1.97. The molecule has 0 unspecified atom stereocenters. The van der Waals surface area contributed by atoms with Gasteiger partial charge in [0.05, 0.1) is 0 Å². The molecule has 1 aliphatic carbocycles. The van der Waals surface area contributed by atoms with Crippen LogP contribution in [0.15, 0.2) is 23.5 Å². The van der Waals surface area contributed by atoms with Crippen molar-refractivity contribution in [3.8, 4) is 0 Å². The van der Waals surface area contributed by atoms with Gasteiger partial charge in [-0.05, 0) is 24.5 Å². The molecule has 21 heavy (non-hydrogen) atoms. The molecule has 0 aromatic carbocycles. The van der Waals surface area contributed by atoms with Gasteiger partial charge in [0.15, 0.2) is 5.84 Å². The molecular formula is C15H24N4O2. The lowest BCUT2D eigenvalue weighted by Gasteiger charge is -2.35. The van der Waals surface area contributed by atoms with Crippen LogP contribution in [0.4, 0.5) is 0 Å². The Morgan fingerprint density at radius 1 is 1.38 bits per heavy atom. The number of oxime groups is 1. The second-order valence-corrected chi connectivity index (χ2v) is 5.82. The molecule has 0 atom stereocenters. The first kappa shape index (κ1) is 15.7. The van der Waals surface area contributed by atoms with Gasteiger partial charge in [-0.1, -0.05) is 30.5 Å². The highest BCUT2D eigenvalue weighted by molar-refractivity contribution is 5.96. The molecule has 0 spiro atoms. The standard InChI is InChI=1S/C15H24N4O2/c16-14(19-21)13-12(5-4-8-18-13)9-17-10-15(11-20)6-2-1-3-7-15/h4-5,8,17,20-21H,1-3,6-7,9-11H2,(H2,16,19). The number of amidine groups is 1. The van der Waals surface area contributed by atoms with Gasteiger partial charge in [-0.2, -0.15) is 0 Å². The lowest BCUT2D eigenvalue weighted by atomic mass is 9.74. The molecule has 5 N–H and O–H groups in total. The van der Waals surface area contributed by atoms with Gasteiger partial charge >= 0.3 is 0 Å². The molecule has 0 saturated heterocycles. The van der Waals surface area contributed by atoms with Crippen molar-refractivity contribution in [2.24, 2.45) is 16.3 Å². The summed E-state index contributed by atoms with van der Waals surface area (Å²) in [5, 5.41) is 24.9. The van der Waals surface area contributed by atoms with Gasteiger partial charge in [0.2, 0.25) is 0 Å². The van der Waals surface area contributed by atoms with Crippen LogP contribution in [-0.4, -0.2) is 34.3 Å². The van der Waals surface area contributed by atoms with Crippen LogP contribution in [0.25, 0.3) is 0 Å². The van der Waals surface area contributed by atoms with Crippen molar-refractivity contribution >= 4 is 5.84 Å². The number of hydrogen-bond donors (Lipinski definition) is 4. The Kier molecular flexibility index (Phi) is 5.52. The fourth-order valence-electron chi connectivity index (χ4n) is 3.01. The van der Waals surface area contributed by atoms with E-state index in [1.807, 2.05) is 12.1 Å². The maximum absolute atomic E-state index is 9.70.